The molecule has 2 heteroatoms. The Hall–Kier alpha value is -0.560. The van der Waals surface area contributed by atoms with Gasteiger partial charge in [0, 0.05) is 7.11 Å². The molecular weight excluding hydrogens is 188 g/mol. The second-order valence-corrected chi connectivity index (χ2v) is 3.69. The molecule has 0 radical (unpaired) electrons. The molecule has 0 fully saturated rings. The minimum atomic E-state index is 0.115. The fraction of sp³-hybridized carbons (Fsp3) is 0.769. The first-order valence-corrected chi connectivity index (χ1v) is 5.81. The van der Waals surface area contributed by atoms with E-state index in [9.17, 15) is 0 Å². The molecular formula is C13H24O2. The van der Waals surface area contributed by atoms with Crippen molar-refractivity contribution in [3.05, 3.63) is 18.4 Å². The van der Waals surface area contributed by atoms with E-state index in [2.05, 4.69) is 19.2 Å². The van der Waals surface area contributed by atoms with Gasteiger partial charge in [0.2, 0.25) is 0 Å². The minimum Gasteiger partial charge on any atom is -0.359 e. The number of methoxy groups -OCH3 is 1. The summed E-state index contributed by atoms with van der Waals surface area (Å²) >= 11 is 0. The van der Waals surface area contributed by atoms with E-state index in [0.717, 1.165) is 6.42 Å². The molecule has 0 amide bonds. The highest BCUT2D eigenvalue weighted by molar-refractivity contribution is 4.85. The van der Waals surface area contributed by atoms with Gasteiger partial charge in [-0.25, -0.2) is 0 Å². The van der Waals surface area contributed by atoms with E-state index in [1.807, 2.05) is 6.08 Å². The number of hydrogen-bond donors (Lipinski definition) is 0. The molecule has 1 atom stereocenters. The van der Waals surface area contributed by atoms with Crippen molar-refractivity contribution in [2.75, 3.05) is 13.9 Å². The number of ether oxygens (including phenoxy) is 2. The predicted molar refractivity (Wildman–Crippen MR) is 63.8 cm³/mol. The van der Waals surface area contributed by atoms with Crippen LogP contribution in [0.25, 0.3) is 0 Å². The Morgan fingerprint density at radius 3 is 2.60 bits per heavy atom. The number of rotatable bonds is 10. The SMILES string of the molecule is C=C=CC(CCCCCCC)OCOC. The maximum Gasteiger partial charge on any atom is 0.147 e. The van der Waals surface area contributed by atoms with Gasteiger partial charge in [-0.3, -0.25) is 0 Å². The molecule has 0 spiro atoms. The molecule has 0 N–H and O–H groups in total. The van der Waals surface area contributed by atoms with E-state index >= 15 is 0 Å². The number of unbranched alkanes of at least 4 members (excludes halogenated alkanes) is 4. The molecule has 0 bridgehead atoms. The van der Waals surface area contributed by atoms with Gasteiger partial charge in [0.05, 0.1) is 6.10 Å². The molecule has 0 aromatic rings. The van der Waals surface area contributed by atoms with Crippen molar-refractivity contribution in [3.63, 3.8) is 0 Å². The predicted octanol–water partition coefficient (Wildman–Crippen LogP) is 3.68. The first kappa shape index (κ1) is 14.4. The zero-order valence-electron chi connectivity index (χ0n) is 10.1. The van der Waals surface area contributed by atoms with Gasteiger partial charge < -0.3 is 9.47 Å². The van der Waals surface area contributed by atoms with Crippen LogP contribution in [0.3, 0.4) is 0 Å². The molecule has 0 saturated heterocycles. The third kappa shape index (κ3) is 9.74. The molecule has 0 aliphatic carbocycles. The van der Waals surface area contributed by atoms with Crippen LogP contribution in [-0.4, -0.2) is 20.0 Å². The van der Waals surface area contributed by atoms with Crippen molar-refractivity contribution in [1.82, 2.24) is 0 Å². The van der Waals surface area contributed by atoms with Gasteiger partial charge in [0.1, 0.15) is 6.79 Å². The minimum absolute atomic E-state index is 0.115. The summed E-state index contributed by atoms with van der Waals surface area (Å²) in [5, 5.41) is 0. The lowest BCUT2D eigenvalue weighted by atomic mass is 10.1. The molecule has 88 valence electrons. The maximum atomic E-state index is 5.46. The summed E-state index contributed by atoms with van der Waals surface area (Å²) in [7, 11) is 1.63. The van der Waals surface area contributed by atoms with Gasteiger partial charge in [-0.1, -0.05) is 45.6 Å². The van der Waals surface area contributed by atoms with E-state index in [1.165, 1.54) is 32.1 Å². The van der Waals surface area contributed by atoms with Crippen LogP contribution in [0, 0.1) is 0 Å². The highest BCUT2D eigenvalue weighted by atomic mass is 16.7. The van der Waals surface area contributed by atoms with Gasteiger partial charge in [-0.15, -0.1) is 5.73 Å². The van der Waals surface area contributed by atoms with Crippen LogP contribution < -0.4 is 0 Å². The summed E-state index contributed by atoms with van der Waals surface area (Å²) in [5.41, 5.74) is 2.77. The van der Waals surface area contributed by atoms with Crippen molar-refractivity contribution >= 4 is 0 Å². The number of hydrogen-bond acceptors (Lipinski definition) is 2. The average molecular weight is 212 g/mol. The lowest BCUT2D eigenvalue weighted by molar-refractivity contribution is -0.0579. The third-order valence-electron chi connectivity index (χ3n) is 2.30. The summed E-state index contributed by atoms with van der Waals surface area (Å²) in [6, 6.07) is 0. The Morgan fingerprint density at radius 2 is 2.00 bits per heavy atom. The standard InChI is InChI=1S/C13H24O2/c1-4-6-7-8-9-11-13(10-5-2)15-12-14-3/h10,13H,2,4,6-9,11-12H2,1,3H3. The van der Waals surface area contributed by atoms with Crippen LogP contribution in [0.15, 0.2) is 18.4 Å². The van der Waals surface area contributed by atoms with E-state index in [0.29, 0.717) is 6.79 Å². The molecule has 0 aromatic carbocycles. The van der Waals surface area contributed by atoms with Gasteiger partial charge in [-0.2, -0.15) is 0 Å². The zero-order chi connectivity index (χ0) is 11.4. The molecule has 0 rings (SSSR count). The van der Waals surface area contributed by atoms with Crippen molar-refractivity contribution in [2.24, 2.45) is 0 Å². The highest BCUT2D eigenvalue weighted by Gasteiger charge is 2.03. The Balaban J connectivity index is 3.52. The fourth-order valence-electron chi connectivity index (χ4n) is 1.45. The molecule has 15 heavy (non-hydrogen) atoms. The Labute approximate surface area is 94.0 Å². The van der Waals surface area contributed by atoms with Crippen LogP contribution in [-0.2, 0) is 9.47 Å². The quantitative estimate of drug-likeness (QED) is 0.312. The van der Waals surface area contributed by atoms with E-state index in [4.69, 9.17) is 9.47 Å². The maximum absolute atomic E-state index is 5.46. The summed E-state index contributed by atoms with van der Waals surface area (Å²) in [6.07, 6.45) is 9.46. The van der Waals surface area contributed by atoms with Gasteiger partial charge in [0.25, 0.3) is 0 Å². The van der Waals surface area contributed by atoms with E-state index < -0.39 is 0 Å². The lowest BCUT2D eigenvalue weighted by Gasteiger charge is -2.12. The fourth-order valence-corrected chi connectivity index (χ4v) is 1.45. The van der Waals surface area contributed by atoms with Crippen molar-refractivity contribution in [2.45, 2.75) is 51.6 Å². The smallest absolute Gasteiger partial charge is 0.147 e. The first-order valence-electron chi connectivity index (χ1n) is 5.81. The van der Waals surface area contributed by atoms with Gasteiger partial charge in [0.15, 0.2) is 0 Å². The van der Waals surface area contributed by atoms with E-state index in [-0.39, 0.29) is 6.10 Å². The third-order valence-corrected chi connectivity index (χ3v) is 2.30. The normalized spacial score (nSPS) is 12.1. The second kappa shape index (κ2) is 11.5. The summed E-state index contributed by atoms with van der Waals surface area (Å²) in [5.74, 6) is 0. The van der Waals surface area contributed by atoms with Crippen LogP contribution in [0.1, 0.15) is 45.4 Å². The van der Waals surface area contributed by atoms with Crippen LogP contribution in [0.5, 0.6) is 0 Å². The zero-order valence-corrected chi connectivity index (χ0v) is 10.1. The molecule has 0 heterocycles. The van der Waals surface area contributed by atoms with E-state index in [1.54, 1.807) is 7.11 Å². The monoisotopic (exact) mass is 212 g/mol. The molecule has 0 aromatic heterocycles. The van der Waals surface area contributed by atoms with Crippen LogP contribution >= 0.6 is 0 Å². The average Bonchev–Trinajstić information content (AvgIpc) is 2.25. The topological polar surface area (TPSA) is 18.5 Å². The molecule has 1 unspecified atom stereocenters. The van der Waals surface area contributed by atoms with Crippen LogP contribution in [0.4, 0.5) is 0 Å². The Bertz CT molecular complexity index is 171. The Morgan fingerprint density at radius 1 is 1.27 bits per heavy atom. The van der Waals surface area contributed by atoms with Crippen molar-refractivity contribution in [3.8, 4) is 0 Å². The Kier molecular flexibility index (Phi) is 11.1. The van der Waals surface area contributed by atoms with Crippen molar-refractivity contribution in [1.29, 1.82) is 0 Å². The summed E-state index contributed by atoms with van der Waals surface area (Å²) < 4.78 is 10.3. The lowest BCUT2D eigenvalue weighted by Crippen LogP contribution is -2.11. The van der Waals surface area contributed by atoms with Crippen molar-refractivity contribution < 1.29 is 9.47 Å². The van der Waals surface area contributed by atoms with Crippen LogP contribution in [0.2, 0.25) is 0 Å². The van der Waals surface area contributed by atoms with Gasteiger partial charge in [-0.05, 0) is 12.5 Å². The highest BCUT2D eigenvalue weighted by Crippen LogP contribution is 2.10. The first-order chi connectivity index (χ1) is 7.35. The summed E-state index contributed by atoms with van der Waals surface area (Å²) in [6.45, 7) is 6.14. The molecule has 0 aliphatic heterocycles. The second-order valence-electron chi connectivity index (χ2n) is 3.69. The molecule has 0 saturated carbocycles. The molecule has 2 nitrogen and oxygen atoms in total. The summed E-state index contributed by atoms with van der Waals surface area (Å²) in [4.78, 5) is 0. The largest absolute Gasteiger partial charge is 0.359 e. The molecule has 0 aliphatic rings. The van der Waals surface area contributed by atoms with Gasteiger partial charge >= 0.3 is 0 Å².